The second-order valence-electron chi connectivity index (χ2n) is 3.00. The number of hydrogen-bond donors (Lipinski definition) is 6. The largest absolute Gasteiger partial charge is 0.469 e. The van der Waals surface area contributed by atoms with E-state index in [4.69, 9.17) is 24.7 Å². The van der Waals surface area contributed by atoms with E-state index in [2.05, 4.69) is 9.05 Å². The van der Waals surface area contributed by atoms with Gasteiger partial charge < -0.3 is 29.8 Å². The topological polar surface area (TPSA) is 174 Å². The van der Waals surface area contributed by atoms with Gasteiger partial charge in [0.15, 0.2) is 0 Å². The summed E-state index contributed by atoms with van der Waals surface area (Å²) in [7, 11) is -9.69. The fourth-order valence-corrected chi connectivity index (χ4v) is 1.85. The molecule has 0 radical (unpaired) electrons. The van der Waals surface area contributed by atoms with Crippen molar-refractivity contribution in [3.05, 3.63) is 0 Å². The molecule has 0 spiro atoms. The molecule has 0 aromatic heterocycles. The molecule has 0 saturated heterocycles. The molecule has 12 heteroatoms. The van der Waals surface area contributed by atoms with E-state index >= 15 is 0 Å². The van der Waals surface area contributed by atoms with Crippen molar-refractivity contribution in [2.75, 3.05) is 13.2 Å². The summed E-state index contributed by atoms with van der Waals surface area (Å²) in [4.78, 5) is 33.7. The number of hydrogen-bond acceptors (Lipinski definition) is 6. The van der Waals surface area contributed by atoms with Crippen molar-refractivity contribution in [2.45, 2.75) is 18.6 Å². The molecule has 104 valence electrons. The quantitative estimate of drug-likeness (QED) is 0.284. The Morgan fingerprint density at radius 1 is 1.06 bits per heavy atom. The molecule has 2 atom stereocenters. The van der Waals surface area contributed by atoms with Crippen molar-refractivity contribution in [3.63, 3.8) is 0 Å². The van der Waals surface area contributed by atoms with Crippen LogP contribution in [0.1, 0.15) is 6.42 Å². The normalized spacial score (nSPS) is 16.8. The molecule has 0 aliphatic heterocycles. The first-order valence-electron chi connectivity index (χ1n) is 4.28. The number of aliphatic hydroxyl groups is 2. The van der Waals surface area contributed by atoms with Crippen molar-refractivity contribution in [2.24, 2.45) is 0 Å². The summed E-state index contributed by atoms with van der Waals surface area (Å²) < 4.78 is 28.9. The molecule has 0 amide bonds. The maximum absolute atomic E-state index is 10.5. The van der Waals surface area contributed by atoms with E-state index in [0.717, 1.165) is 0 Å². The summed E-state index contributed by atoms with van der Waals surface area (Å²) in [5.74, 6) is 0. The third kappa shape index (κ3) is 9.81. The zero-order valence-corrected chi connectivity index (χ0v) is 10.3. The molecule has 0 unspecified atom stereocenters. The Balaban J connectivity index is 4.39. The lowest BCUT2D eigenvalue weighted by molar-refractivity contribution is -0.0223. The van der Waals surface area contributed by atoms with Crippen molar-refractivity contribution in [3.8, 4) is 0 Å². The highest BCUT2D eigenvalue weighted by atomic mass is 31.2. The van der Waals surface area contributed by atoms with E-state index in [1.54, 1.807) is 0 Å². The van der Waals surface area contributed by atoms with E-state index < -0.39 is 41.1 Å². The third-order valence-electron chi connectivity index (χ3n) is 1.53. The van der Waals surface area contributed by atoms with Crippen LogP contribution in [0.2, 0.25) is 0 Å². The summed E-state index contributed by atoms with van der Waals surface area (Å²) in [6, 6.07) is 0. The number of phosphoric ester groups is 2. The first-order chi connectivity index (χ1) is 7.55. The summed E-state index contributed by atoms with van der Waals surface area (Å²) >= 11 is 0. The van der Waals surface area contributed by atoms with Gasteiger partial charge in [0.2, 0.25) is 0 Å². The first-order valence-corrected chi connectivity index (χ1v) is 7.34. The Morgan fingerprint density at radius 2 is 1.59 bits per heavy atom. The summed E-state index contributed by atoms with van der Waals surface area (Å²) in [5.41, 5.74) is 0. The van der Waals surface area contributed by atoms with Gasteiger partial charge >= 0.3 is 15.6 Å². The lowest BCUT2D eigenvalue weighted by Gasteiger charge is -2.22. The molecule has 0 aromatic carbocycles. The molecule has 0 saturated carbocycles. The molecule has 0 aliphatic rings. The summed E-state index contributed by atoms with van der Waals surface area (Å²) in [6.07, 6.45) is -3.55. The molecule has 0 bridgehead atoms. The highest BCUT2D eigenvalue weighted by Gasteiger charge is 2.29. The Labute approximate surface area is 96.3 Å². The van der Waals surface area contributed by atoms with E-state index in [9.17, 15) is 14.2 Å². The zero-order chi connectivity index (χ0) is 13.7. The van der Waals surface area contributed by atoms with Gasteiger partial charge in [0.1, 0.15) is 6.10 Å². The number of rotatable bonds is 8. The maximum Gasteiger partial charge on any atom is 0.469 e. The molecule has 17 heavy (non-hydrogen) atoms. The third-order valence-corrected chi connectivity index (χ3v) is 2.56. The standard InChI is InChI=1S/C5H14O10P2/c6-2-1-5(15-17(11,12)13)4(7)3-14-16(8,9)10/h4-7H,1-3H2,(H2,8,9,10)(H2,11,12,13)/t4-,5+/m1/s1. The van der Waals surface area contributed by atoms with Crippen LogP contribution in [-0.2, 0) is 18.2 Å². The van der Waals surface area contributed by atoms with Crippen LogP contribution >= 0.6 is 15.6 Å². The highest BCUT2D eigenvalue weighted by Crippen LogP contribution is 2.40. The van der Waals surface area contributed by atoms with Gasteiger partial charge in [-0.05, 0) is 6.42 Å². The van der Waals surface area contributed by atoms with E-state index in [1.165, 1.54) is 0 Å². The molecule has 0 rings (SSSR count). The maximum atomic E-state index is 10.5. The van der Waals surface area contributed by atoms with Gasteiger partial charge in [0, 0.05) is 6.61 Å². The molecular formula is C5H14O10P2. The van der Waals surface area contributed by atoms with Crippen LogP contribution in [0.25, 0.3) is 0 Å². The van der Waals surface area contributed by atoms with Gasteiger partial charge in [0.05, 0.1) is 12.7 Å². The fraction of sp³-hybridized carbons (Fsp3) is 1.00. The Morgan fingerprint density at radius 3 is 1.94 bits per heavy atom. The van der Waals surface area contributed by atoms with Gasteiger partial charge in [-0.2, -0.15) is 0 Å². The molecule has 10 nitrogen and oxygen atoms in total. The average Bonchev–Trinajstić information content (AvgIpc) is 2.10. The van der Waals surface area contributed by atoms with Gasteiger partial charge in [-0.25, -0.2) is 9.13 Å². The molecule has 0 aliphatic carbocycles. The Hall–Kier alpha value is 0.140. The van der Waals surface area contributed by atoms with Crippen molar-refractivity contribution < 1.29 is 48.0 Å². The van der Waals surface area contributed by atoms with Crippen molar-refractivity contribution in [1.29, 1.82) is 0 Å². The lowest BCUT2D eigenvalue weighted by atomic mass is 10.1. The predicted octanol–water partition coefficient (Wildman–Crippen LogP) is -1.68. The van der Waals surface area contributed by atoms with Crippen LogP contribution < -0.4 is 0 Å². The number of aliphatic hydroxyl groups excluding tert-OH is 2. The van der Waals surface area contributed by atoms with E-state index in [-0.39, 0.29) is 6.42 Å². The second kappa shape index (κ2) is 6.91. The average molecular weight is 296 g/mol. The molecule has 0 aromatic rings. The summed E-state index contributed by atoms with van der Waals surface area (Å²) in [5, 5.41) is 17.9. The van der Waals surface area contributed by atoms with Crippen LogP contribution in [0.5, 0.6) is 0 Å². The van der Waals surface area contributed by atoms with E-state index in [0.29, 0.717) is 0 Å². The van der Waals surface area contributed by atoms with Gasteiger partial charge in [-0.15, -0.1) is 0 Å². The van der Waals surface area contributed by atoms with Crippen LogP contribution in [0.15, 0.2) is 0 Å². The van der Waals surface area contributed by atoms with Crippen LogP contribution in [0, 0.1) is 0 Å². The lowest BCUT2D eigenvalue weighted by Crippen LogP contribution is -2.33. The minimum atomic E-state index is -4.89. The number of phosphoric acid groups is 2. The Kier molecular flexibility index (Phi) is 6.97. The van der Waals surface area contributed by atoms with Crippen LogP contribution in [0.3, 0.4) is 0 Å². The van der Waals surface area contributed by atoms with Crippen molar-refractivity contribution in [1.82, 2.24) is 0 Å². The molecule has 0 fully saturated rings. The van der Waals surface area contributed by atoms with Crippen molar-refractivity contribution >= 4 is 15.6 Å². The molecular weight excluding hydrogens is 282 g/mol. The van der Waals surface area contributed by atoms with Crippen LogP contribution in [-0.4, -0.2) is 55.2 Å². The predicted molar refractivity (Wildman–Crippen MR) is 52.6 cm³/mol. The SMILES string of the molecule is O=P(O)(O)OC[C@@H](O)[C@H](CCO)OP(=O)(O)O. The Bertz CT molecular complexity index is 306. The fourth-order valence-electron chi connectivity index (χ4n) is 0.900. The highest BCUT2D eigenvalue weighted by molar-refractivity contribution is 7.46. The zero-order valence-electron chi connectivity index (χ0n) is 8.49. The molecule has 6 N–H and O–H groups in total. The minimum absolute atomic E-state index is 0.337. The van der Waals surface area contributed by atoms with Gasteiger partial charge in [-0.1, -0.05) is 0 Å². The van der Waals surface area contributed by atoms with Gasteiger partial charge in [0.25, 0.3) is 0 Å². The van der Waals surface area contributed by atoms with E-state index in [1.807, 2.05) is 0 Å². The minimum Gasteiger partial charge on any atom is -0.396 e. The molecule has 0 heterocycles. The second-order valence-corrected chi connectivity index (χ2v) is 5.43. The monoisotopic (exact) mass is 296 g/mol. The van der Waals surface area contributed by atoms with Crippen LogP contribution in [0.4, 0.5) is 0 Å². The summed E-state index contributed by atoms with van der Waals surface area (Å²) in [6.45, 7) is -1.44. The smallest absolute Gasteiger partial charge is 0.396 e. The first kappa shape index (κ1) is 17.1. The van der Waals surface area contributed by atoms with Gasteiger partial charge in [-0.3, -0.25) is 9.05 Å².